The number of rotatable bonds is 8. The lowest BCUT2D eigenvalue weighted by Crippen LogP contribution is -2.46. The number of ether oxygens (including phenoxy) is 1. The Hall–Kier alpha value is -1.06. The van der Waals surface area contributed by atoms with Gasteiger partial charge >= 0.3 is 0 Å². The average Bonchev–Trinajstić information content (AvgIpc) is 2.52. The third kappa shape index (κ3) is 6.06. The number of nitrogens with one attached hydrogen (secondary N) is 1. The van der Waals surface area contributed by atoms with Crippen molar-refractivity contribution in [2.45, 2.75) is 51.6 Å². The van der Waals surface area contributed by atoms with Crippen LogP contribution in [0.25, 0.3) is 0 Å². The molecule has 1 aliphatic rings. The van der Waals surface area contributed by atoms with Crippen LogP contribution in [0.4, 0.5) is 0 Å². The van der Waals surface area contributed by atoms with Crippen molar-refractivity contribution in [3.05, 3.63) is 30.3 Å². The lowest BCUT2D eigenvalue weighted by molar-refractivity contribution is 0.170. The lowest BCUT2D eigenvalue weighted by atomic mass is 10.0. The van der Waals surface area contributed by atoms with Crippen LogP contribution in [0, 0.1) is 0 Å². The number of nitrogens with zero attached hydrogens (tertiary/aromatic N) is 1. The summed E-state index contributed by atoms with van der Waals surface area (Å²) in [5.74, 6) is 0.975. The minimum atomic E-state index is 0.602. The van der Waals surface area contributed by atoms with Gasteiger partial charge < -0.3 is 10.1 Å². The summed E-state index contributed by atoms with van der Waals surface area (Å²) in [6.07, 6.45) is 5.12. The van der Waals surface area contributed by atoms with Crippen LogP contribution in [0.2, 0.25) is 0 Å². The second-order valence-electron chi connectivity index (χ2n) is 6.25. The van der Waals surface area contributed by atoms with Crippen molar-refractivity contribution in [2.75, 3.05) is 26.2 Å². The first-order chi connectivity index (χ1) is 10.3. The summed E-state index contributed by atoms with van der Waals surface area (Å²) in [6.45, 7) is 8.85. The van der Waals surface area contributed by atoms with Crippen LogP contribution in [0.3, 0.4) is 0 Å². The molecule has 2 rings (SSSR count). The van der Waals surface area contributed by atoms with Crippen molar-refractivity contribution in [3.63, 3.8) is 0 Å². The van der Waals surface area contributed by atoms with Crippen LogP contribution in [-0.2, 0) is 0 Å². The van der Waals surface area contributed by atoms with E-state index in [1.165, 1.54) is 32.4 Å². The van der Waals surface area contributed by atoms with Crippen molar-refractivity contribution in [1.82, 2.24) is 10.2 Å². The Morgan fingerprint density at radius 2 is 2.05 bits per heavy atom. The summed E-state index contributed by atoms with van der Waals surface area (Å²) in [5.41, 5.74) is 0. The number of hydrogen-bond acceptors (Lipinski definition) is 3. The van der Waals surface area contributed by atoms with E-state index in [1.54, 1.807) is 0 Å². The molecule has 1 unspecified atom stereocenters. The van der Waals surface area contributed by atoms with E-state index in [2.05, 4.69) is 24.1 Å². The minimum absolute atomic E-state index is 0.602. The maximum absolute atomic E-state index is 5.78. The van der Waals surface area contributed by atoms with Gasteiger partial charge in [-0.1, -0.05) is 24.6 Å². The van der Waals surface area contributed by atoms with Crippen LogP contribution >= 0.6 is 0 Å². The first-order valence-electron chi connectivity index (χ1n) is 8.41. The normalized spacial score (nSPS) is 19.1. The molecule has 3 nitrogen and oxygen atoms in total. The fourth-order valence-corrected chi connectivity index (χ4v) is 2.90. The smallest absolute Gasteiger partial charge is 0.119 e. The fourth-order valence-electron chi connectivity index (χ4n) is 2.90. The highest BCUT2D eigenvalue weighted by atomic mass is 16.5. The molecule has 0 aromatic heterocycles. The molecule has 1 atom stereocenters. The quantitative estimate of drug-likeness (QED) is 0.743. The maximum atomic E-state index is 5.78. The Morgan fingerprint density at radius 3 is 2.71 bits per heavy atom. The van der Waals surface area contributed by atoms with E-state index >= 15 is 0 Å². The predicted octanol–water partition coefficient (Wildman–Crippen LogP) is 3.31. The highest BCUT2D eigenvalue weighted by molar-refractivity contribution is 5.20. The predicted molar refractivity (Wildman–Crippen MR) is 88.9 cm³/mol. The van der Waals surface area contributed by atoms with Crippen LogP contribution in [0.15, 0.2) is 30.3 Å². The minimum Gasteiger partial charge on any atom is -0.494 e. The number of para-hydroxylation sites is 1. The van der Waals surface area contributed by atoms with E-state index < -0.39 is 0 Å². The third-order valence-corrected chi connectivity index (χ3v) is 4.20. The molecule has 0 saturated carbocycles. The first-order valence-corrected chi connectivity index (χ1v) is 8.41. The Balaban J connectivity index is 1.67. The average molecular weight is 290 g/mol. The van der Waals surface area contributed by atoms with Gasteiger partial charge in [-0.2, -0.15) is 0 Å². The maximum Gasteiger partial charge on any atom is 0.119 e. The fraction of sp³-hybridized carbons (Fsp3) is 0.667. The van der Waals surface area contributed by atoms with Gasteiger partial charge in [0.15, 0.2) is 0 Å². The van der Waals surface area contributed by atoms with Crippen molar-refractivity contribution in [3.8, 4) is 5.75 Å². The van der Waals surface area contributed by atoms with Crippen molar-refractivity contribution in [2.24, 2.45) is 0 Å². The second kappa shape index (κ2) is 9.06. The van der Waals surface area contributed by atoms with Gasteiger partial charge in [-0.3, -0.25) is 4.90 Å². The van der Waals surface area contributed by atoms with Crippen molar-refractivity contribution in [1.29, 1.82) is 0 Å². The van der Waals surface area contributed by atoms with Gasteiger partial charge in [-0.05, 0) is 51.8 Å². The largest absolute Gasteiger partial charge is 0.494 e. The number of piperidine rings is 1. The van der Waals surface area contributed by atoms with E-state index in [4.69, 9.17) is 4.74 Å². The van der Waals surface area contributed by atoms with Gasteiger partial charge in [0.05, 0.1) is 6.61 Å². The Labute approximate surface area is 129 Å². The molecule has 0 radical (unpaired) electrons. The first kappa shape index (κ1) is 16.3. The summed E-state index contributed by atoms with van der Waals surface area (Å²) < 4.78 is 5.78. The van der Waals surface area contributed by atoms with E-state index in [0.717, 1.165) is 25.3 Å². The van der Waals surface area contributed by atoms with Crippen molar-refractivity contribution >= 4 is 0 Å². The van der Waals surface area contributed by atoms with Crippen molar-refractivity contribution < 1.29 is 4.74 Å². The molecule has 3 heteroatoms. The van der Waals surface area contributed by atoms with E-state index in [-0.39, 0.29) is 0 Å². The Kier molecular flexibility index (Phi) is 7.04. The highest BCUT2D eigenvalue weighted by Crippen LogP contribution is 2.12. The summed E-state index contributed by atoms with van der Waals surface area (Å²) in [7, 11) is 0. The molecule has 0 spiro atoms. The molecular weight excluding hydrogens is 260 g/mol. The Morgan fingerprint density at radius 1 is 1.24 bits per heavy atom. The zero-order valence-corrected chi connectivity index (χ0v) is 13.6. The van der Waals surface area contributed by atoms with Crippen LogP contribution < -0.4 is 10.1 Å². The molecule has 1 heterocycles. The summed E-state index contributed by atoms with van der Waals surface area (Å²) in [6, 6.07) is 11.4. The van der Waals surface area contributed by atoms with E-state index in [0.29, 0.717) is 12.1 Å². The molecule has 1 saturated heterocycles. The van der Waals surface area contributed by atoms with Gasteiger partial charge in [0.25, 0.3) is 0 Å². The molecule has 21 heavy (non-hydrogen) atoms. The summed E-state index contributed by atoms with van der Waals surface area (Å²) in [5, 5.41) is 3.65. The number of hydrogen-bond donors (Lipinski definition) is 1. The summed E-state index contributed by atoms with van der Waals surface area (Å²) in [4.78, 5) is 2.58. The van der Waals surface area contributed by atoms with E-state index in [1.807, 2.05) is 30.3 Å². The van der Waals surface area contributed by atoms with Crippen LogP contribution in [0.5, 0.6) is 5.75 Å². The monoisotopic (exact) mass is 290 g/mol. The summed E-state index contributed by atoms with van der Waals surface area (Å²) >= 11 is 0. The van der Waals surface area contributed by atoms with E-state index in [9.17, 15) is 0 Å². The number of benzene rings is 1. The molecule has 1 fully saturated rings. The van der Waals surface area contributed by atoms with Crippen LogP contribution in [-0.4, -0.2) is 43.2 Å². The third-order valence-electron chi connectivity index (χ3n) is 4.20. The molecule has 0 aliphatic carbocycles. The standard InChI is InChI=1S/C18H30N2O/c1-16(2)20(15-17-9-6-7-12-19-17)13-8-14-21-18-10-4-3-5-11-18/h3-5,10-11,16-17,19H,6-9,12-15H2,1-2H3. The molecule has 1 aromatic rings. The lowest BCUT2D eigenvalue weighted by Gasteiger charge is -2.33. The SMILES string of the molecule is CC(C)N(CCCOc1ccccc1)CC1CCCCN1. The topological polar surface area (TPSA) is 24.5 Å². The Bertz CT molecular complexity index is 374. The molecule has 1 aliphatic heterocycles. The molecule has 1 aromatic carbocycles. The van der Waals surface area contributed by atoms with Gasteiger partial charge in [-0.15, -0.1) is 0 Å². The zero-order valence-electron chi connectivity index (χ0n) is 13.6. The molecule has 0 amide bonds. The van der Waals surface area contributed by atoms with Crippen LogP contribution in [0.1, 0.15) is 39.5 Å². The molecule has 118 valence electrons. The zero-order chi connectivity index (χ0) is 14.9. The second-order valence-corrected chi connectivity index (χ2v) is 6.25. The highest BCUT2D eigenvalue weighted by Gasteiger charge is 2.18. The molecular formula is C18H30N2O. The van der Waals surface area contributed by atoms with Gasteiger partial charge in [0, 0.05) is 25.2 Å². The van der Waals surface area contributed by atoms with Gasteiger partial charge in [0.2, 0.25) is 0 Å². The molecule has 1 N–H and O–H groups in total. The van der Waals surface area contributed by atoms with Gasteiger partial charge in [0.1, 0.15) is 5.75 Å². The van der Waals surface area contributed by atoms with Gasteiger partial charge in [-0.25, -0.2) is 0 Å². The molecule has 0 bridgehead atoms.